The number of carbonyl (C=O) groups excluding carboxylic acids is 3. The topological polar surface area (TPSA) is 84.5 Å². The number of benzene rings is 1. The number of carbonyl (C=O) groups is 3. The average molecular weight is 397 g/mol. The quantitative estimate of drug-likeness (QED) is 0.545. The summed E-state index contributed by atoms with van der Waals surface area (Å²) >= 11 is 3.47. The Balaban J connectivity index is 1.69. The molecule has 0 bridgehead atoms. The van der Waals surface area contributed by atoms with E-state index >= 15 is 0 Å². The summed E-state index contributed by atoms with van der Waals surface area (Å²) in [5.41, 5.74) is 1.22. The molecule has 24 heavy (non-hydrogen) atoms. The van der Waals surface area contributed by atoms with Gasteiger partial charge in [0, 0.05) is 12.8 Å². The van der Waals surface area contributed by atoms with Crippen molar-refractivity contribution in [2.24, 2.45) is 0 Å². The van der Waals surface area contributed by atoms with Gasteiger partial charge in [-0.2, -0.15) is 0 Å². The number of nitrogens with one attached hydrogen (secondary N) is 2. The zero-order valence-electron chi connectivity index (χ0n) is 13.6. The highest BCUT2D eigenvalue weighted by atomic mass is 79.9. The van der Waals surface area contributed by atoms with Crippen molar-refractivity contribution in [1.29, 1.82) is 0 Å². The van der Waals surface area contributed by atoms with E-state index in [1.807, 2.05) is 18.2 Å². The Morgan fingerprint density at radius 1 is 1.42 bits per heavy atom. The number of hydrogen-bond acceptors (Lipinski definition) is 4. The third-order valence-corrected chi connectivity index (χ3v) is 4.40. The minimum absolute atomic E-state index is 0.214. The van der Waals surface area contributed by atoms with E-state index in [1.165, 1.54) is 5.56 Å². The van der Waals surface area contributed by atoms with E-state index in [4.69, 9.17) is 4.74 Å². The van der Waals surface area contributed by atoms with Crippen LogP contribution in [-0.4, -0.2) is 30.4 Å². The number of imide groups is 1. The molecule has 1 atom stereocenters. The second kappa shape index (κ2) is 8.82. The summed E-state index contributed by atoms with van der Waals surface area (Å²) < 4.78 is 6.56. The lowest BCUT2D eigenvalue weighted by Gasteiger charge is -2.21. The SMILES string of the molecule is CCc1ccc(OCCCC(=O)NC2CCC(=O)NC2=O)c(Br)c1. The lowest BCUT2D eigenvalue weighted by Crippen LogP contribution is -2.52. The van der Waals surface area contributed by atoms with Gasteiger partial charge in [0.05, 0.1) is 11.1 Å². The van der Waals surface area contributed by atoms with E-state index in [0.29, 0.717) is 19.4 Å². The first-order chi connectivity index (χ1) is 11.5. The van der Waals surface area contributed by atoms with Crippen molar-refractivity contribution in [3.8, 4) is 5.75 Å². The summed E-state index contributed by atoms with van der Waals surface area (Å²) in [6.45, 7) is 2.50. The van der Waals surface area contributed by atoms with Crippen LogP contribution in [0.15, 0.2) is 22.7 Å². The summed E-state index contributed by atoms with van der Waals surface area (Å²) in [4.78, 5) is 34.5. The standard InChI is InChI=1S/C17H21BrN2O4/c1-2-11-5-7-14(12(18)10-11)24-9-3-4-15(21)19-13-6-8-16(22)20-17(13)23/h5,7,10,13H,2-4,6,8-9H2,1H3,(H,19,21)(H,20,22,23). The molecular formula is C17H21BrN2O4. The maximum Gasteiger partial charge on any atom is 0.249 e. The largest absolute Gasteiger partial charge is 0.492 e. The maximum absolute atomic E-state index is 11.9. The first-order valence-corrected chi connectivity index (χ1v) is 8.83. The molecule has 0 radical (unpaired) electrons. The van der Waals surface area contributed by atoms with Gasteiger partial charge in [-0.05, 0) is 52.9 Å². The van der Waals surface area contributed by atoms with Crippen LogP contribution in [0.25, 0.3) is 0 Å². The van der Waals surface area contributed by atoms with Gasteiger partial charge in [0.2, 0.25) is 17.7 Å². The van der Waals surface area contributed by atoms with Crippen molar-refractivity contribution >= 4 is 33.7 Å². The Bertz CT molecular complexity index is 633. The minimum atomic E-state index is -0.619. The lowest BCUT2D eigenvalue weighted by atomic mass is 10.1. The number of halogens is 1. The van der Waals surface area contributed by atoms with Gasteiger partial charge in [0.25, 0.3) is 0 Å². The van der Waals surface area contributed by atoms with E-state index in [9.17, 15) is 14.4 Å². The van der Waals surface area contributed by atoms with Crippen LogP contribution < -0.4 is 15.4 Å². The zero-order chi connectivity index (χ0) is 17.5. The van der Waals surface area contributed by atoms with Crippen molar-refractivity contribution < 1.29 is 19.1 Å². The number of hydrogen-bond donors (Lipinski definition) is 2. The van der Waals surface area contributed by atoms with Crippen LogP contribution in [0.1, 0.15) is 38.2 Å². The van der Waals surface area contributed by atoms with Gasteiger partial charge >= 0.3 is 0 Å². The van der Waals surface area contributed by atoms with Gasteiger partial charge in [0.15, 0.2) is 0 Å². The minimum Gasteiger partial charge on any atom is -0.492 e. The smallest absolute Gasteiger partial charge is 0.249 e. The van der Waals surface area contributed by atoms with Gasteiger partial charge in [-0.3, -0.25) is 19.7 Å². The fourth-order valence-electron chi connectivity index (χ4n) is 2.39. The first-order valence-electron chi connectivity index (χ1n) is 8.04. The molecule has 1 unspecified atom stereocenters. The second-order valence-corrected chi connectivity index (χ2v) is 6.50. The molecule has 3 amide bonds. The molecule has 6 nitrogen and oxygen atoms in total. The van der Waals surface area contributed by atoms with E-state index in [2.05, 4.69) is 33.5 Å². The van der Waals surface area contributed by atoms with Crippen molar-refractivity contribution in [3.05, 3.63) is 28.2 Å². The van der Waals surface area contributed by atoms with Gasteiger partial charge in [-0.1, -0.05) is 13.0 Å². The van der Waals surface area contributed by atoms with Gasteiger partial charge in [-0.25, -0.2) is 0 Å². The van der Waals surface area contributed by atoms with Crippen molar-refractivity contribution in [2.75, 3.05) is 6.61 Å². The van der Waals surface area contributed by atoms with Gasteiger partial charge in [0.1, 0.15) is 11.8 Å². The molecule has 0 spiro atoms. The molecule has 1 aliphatic heterocycles. The van der Waals surface area contributed by atoms with E-state index in [-0.39, 0.29) is 24.7 Å². The predicted octanol–water partition coefficient (Wildman–Crippen LogP) is 2.09. The van der Waals surface area contributed by atoms with Crippen LogP contribution in [0, 0.1) is 0 Å². The summed E-state index contributed by atoms with van der Waals surface area (Å²) in [6, 6.07) is 5.32. The molecule has 1 aromatic rings. The lowest BCUT2D eigenvalue weighted by molar-refractivity contribution is -0.137. The summed E-state index contributed by atoms with van der Waals surface area (Å²) in [5.74, 6) is -0.194. The molecule has 1 heterocycles. The molecule has 2 N–H and O–H groups in total. The third-order valence-electron chi connectivity index (χ3n) is 3.78. The molecule has 1 aromatic carbocycles. The highest BCUT2D eigenvalue weighted by Crippen LogP contribution is 2.26. The van der Waals surface area contributed by atoms with Crippen molar-refractivity contribution in [2.45, 2.75) is 45.1 Å². The zero-order valence-corrected chi connectivity index (χ0v) is 15.1. The molecule has 0 saturated carbocycles. The molecular weight excluding hydrogens is 376 g/mol. The Hall–Kier alpha value is -1.89. The van der Waals surface area contributed by atoms with E-state index in [1.54, 1.807) is 0 Å². The summed E-state index contributed by atoms with van der Waals surface area (Å²) in [5, 5.41) is 4.86. The van der Waals surface area contributed by atoms with Crippen LogP contribution in [0.2, 0.25) is 0 Å². The Labute approximate surface area is 149 Å². The first kappa shape index (κ1) is 18.4. The molecule has 0 aliphatic carbocycles. The molecule has 1 aliphatic rings. The molecule has 1 fully saturated rings. The number of ether oxygens (including phenoxy) is 1. The van der Waals surface area contributed by atoms with E-state index < -0.39 is 11.9 Å². The average Bonchev–Trinajstić information content (AvgIpc) is 2.55. The molecule has 130 valence electrons. The maximum atomic E-state index is 11.9. The van der Waals surface area contributed by atoms with Gasteiger partial charge in [-0.15, -0.1) is 0 Å². The Kier molecular flexibility index (Phi) is 6.78. The van der Waals surface area contributed by atoms with Crippen LogP contribution in [0.5, 0.6) is 5.75 Å². The molecule has 0 aromatic heterocycles. The van der Waals surface area contributed by atoms with Crippen LogP contribution in [0.3, 0.4) is 0 Å². The second-order valence-electron chi connectivity index (χ2n) is 5.64. The molecule has 7 heteroatoms. The Morgan fingerprint density at radius 3 is 2.88 bits per heavy atom. The van der Waals surface area contributed by atoms with Crippen LogP contribution >= 0.6 is 15.9 Å². The number of rotatable bonds is 7. The van der Waals surface area contributed by atoms with Crippen molar-refractivity contribution in [1.82, 2.24) is 10.6 Å². The number of aryl methyl sites for hydroxylation is 1. The van der Waals surface area contributed by atoms with E-state index in [0.717, 1.165) is 16.6 Å². The fraction of sp³-hybridized carbons (Fsp3) is 0.471. The molecule has 2 rings (SSSR count). The predicted molar refractivity (Wildman–Crippen MR) is 92.6 cm³/mol. The molecule has 1 saturated heterocycles. The number of piperidine rings is 1. The highest BCUT2D eigenvalue weighted by Gasteiger charge is 2.27. The van der Waals surface area contributed by atoms with Crippen LogP contribution in [0.4, 0.5) is 0 Å². The third kappa shape index (κ3) is 5.33. The van der Waals surface area contributed by atoms with Gasteiger partial charge < -0.3 is 10.1 Å². The monoisotopic (exact) mass is 396 g/mol. The Morgan fingerprint density at radius 2 is 2.21 bits per heavy atom. The summed E-state index contributed by atoms with van der Waals surface area (Å²) in [6.07, 6.45) is 2.37. The summed E-state index contributed by atoms with van der Waals surface area (Å²) in [7, 11) is 0. The van der Waals surface area contributed by atoms with Crippen molar-refractivity contribution in [3.63, 3.8) is 0 Å². The fourth-order valence-corrected chi connectivity index (χ4v) is 2.93. The number of amides is 3. The normalized spacial score (nSPS) is 17.3. The van der Waals surface area contributed by atoms with Crippen LogP contribution in [-0.2, 0) is 20.8 Å². The highest BCUT2D eigenvalue weighted by molar-refractivity contribution is 9.10.